The monoisotopic (exact) mass is 301 g/mol. The normalized spacial score (nSPS) is 13.6. The lowest BCUT2D eigenvalue weighted by molar-refractivity contribution is 0.922. The summed E-state index contributed by atoms with van der Waals surface area (Å²) >= 11 is 0. The molecule has 3 aromatic rings. The molecule has 0 atom stereocenters. The molecule has 2 N–H and O–H groups in total. The maximum atomic E-state index is 5.77. The minimum atomic E-state index is 0.329. The van der Waals surface area contributed by atoms with E-state index in [1.165, 1.54) is 27.8 Å². The summed E-state index contributed by atoms with van der Waals surface area (Å²) in [5.74, 6) is 0.329. The lowest BCUT2D eigenvalue weighted by atomic mass is 9.92. The predicted octanol–water partition coefficient (Wildman–Crippen LogP) is 3.61. The molecule has 0 saturated carbocycles. The summed E-state index contributed by atoms with van der Waals surface area (Å²) in [6.45, 7) is 0. The smallest absolute Gasteiger partial charge is 0.220 e. The fraction of sp³-hybridized carbons (Fsp3) is 0.200. The molecule has 0 amide bonds. The molecule has 0 radical (unpaired) electrons. The van der Waals surface area contributed by atoms with Crippen LogP contribution in [0.4, 0.5) is 5.95 Å². The first-order chi connectivity index (χ1) is 11.3. The molecule has 0 aliphatic heterocycles. The van der Waals surface area contributed by atoms with Gasteiger partial charge in [-0.05, 0) is 60.1 Å². The van der Waals surface area contributed by atoms with Gasteiger partial charge in [0.2, 0.25) is 5.95 Å². The van der Waals surface area contributed by atoms with Gasteiger partial charge in [-0.25, -0.2) is 9.97 Å². The van der Waals surface area contributed by atoms with Crippen LogP contribution in [0.5, 0.6) is 0 Å². The van der Waals surface area contributed by atoms with Crippen LogP contribution >= 0.6 is 0 Å². The predicted molar refractivity (Wildman–Crippen MR) is 93.1 cm³/mol. The lowest BCUT2D eigenvalue weighted by Gasteiger charge is -2.14. The molecule has 4 bridgehead atoms. The summed E-state index contributed by atoms with van der Waals surface area (Å²) in [5.41, 5.74) is 13.3. The van der Waals surface area contributed by atoms with Crippen molar-refractivity contribution in [1.29, 1.82) is 0 Å². The zero-order chi connectivity index (χ0) is 15.6. The highest BCUT2D eigenvalue weighted by Gasteiger charge is 2.11. The molecule has 2 aromatic carbocycles. The number of aryl methyl sites for hydroxylation is 4. The zero-order valence-corrected chi connectivity index (χ0v) is 13.0. The number of nitrogen functional groups attached to an aromatic ring is 1. The van der Waals surface area contributed by atoms with Crippen LogP contribution in [0.2, 0.25) is 0 Å². The second-order valence-corrected chi connectivity index (χ2v) is 6.11. The lowest BCUT2D eigenvalue weighted by Crippen LogP contribution is -2.02. The molecule has 3 heteroatoms. The number of hydrogen-bond acceptors (Lipinski definition) is 3. The third kappa shape index (κ3) is 2.95. The van der Waals surface area contributed by atoms with Gasteiger partial charge in [0.25, 0.3) is 0 Å². The van der Waals surface area contributed by atoms with Crippen molar-refractivity contribution in [1.82, 2.24) is 9.97 Å². The van der Waals surface area contributed by atoms with Gasteiger partial charge >= 0.3 is 0 Å². The number of aromatic nitrogens is 2. The van der Waals surface area contributed by atoms with Crippen molar-refractivity contribution in [3.8, 4) is 11.3 Å². The van der Waals surface area contributed by atoms with Crippen molar-refractivity contribution in [2.75, 3.05) is 5.73 Å². The highest BCUT2D eigenvalue weighted by Crippen LogP contribution is 2.26. The second kappa shape index (κ2) is 5.84. The third-order valence-corrected chi connectivity index (χ3v) is 4.53. The molecule has 1 aromatic heterocycles. The van der Waals surface area contributed by atoms with Crippen molar-refractivity contribution in [2.45, 2.75) is 25.7 Å². The van der Waals surface area contributed by atoms with Crippen LogP contribution in [-0.4, -0.2) is 9.97 Å². The minimum Gasteiger partial charge on any atom is -0.368 e. The molecule has 4 aliphatic rings. The zero-order valence-electron chi connectivity index (χ0n) is 13.0. The van der Waals surface area contributed by atoms with Gasteiger partial charge in [-0.3, -0.25) is 0 Å². The summed E-state index contributed by atoms with van der Waals surface area (Å²) in [4.78, 5) is 8.43. The first kappa shape index (κ1) is 13.9. The van der Waals surface area contributed by atoms with Gasteiger partial charge in [0.15, 0.2) is 0 Å². The van der Waals surface area contributed by atoms with Crippen molar-refractivity contribution in [3.05, 3.63) is 77.0 Å². The molecular weight excluding hydrogens is 282 g/mol. The van der Waals surface area contributed by atoms with E-state index >= 15 is 0 Å². The number of nitrogens with zero attached hydrogens (tertiary/aromatic N) is 2. The van der Waals surface area contributed by atoms with E-state index in [1.807, 2.05) is 6.07 Å². The van der Waals surface area contributed by atoms with Gasteiger partial charge in [-0.15, -0.1) is 0 Å². The van der Waals surface area contributed by atoms with Gasteiger partial charge in [0.1, 0.15) is 0 Å². The summed E-state index contributed by atoms with van der Waals surface area (Å²) < 4.78 is 0. The standard InChI is InChI=1S/C20H19N3/c21-20-22-12-11-19(23-20)18-13-16-6-5-14-1-3-15(4-2-14)7-9-17(18)10-8-16/h1-4,8,10-13H,5-7,9H2,(H2,21,22,23). The Kier molecular flexibility index (Phi) is 3.54. The Bertz CT molecular complexity index is 838. The van der Waals surface area contributed by atoms with Crippen molar-refractivity contribution in [2.24, 2.45) is 0 Å². The van der Waals surface area contributed by atoms with Crippen molar-refractivity contribution < 1.29 is 0 Å². The fourth-order valence-corrected chi connectivity index (χ4v) is 3.20. The number of benzene rings is 2. The maximum absolute atomic E-state index is 5.77. The van der Waals surface area contributed by atoms with E-state index in [2.05, 4.69) is 52.4 Å². The average molecular weight is 301 g/mol. The summed E-state index contributed by atoms with van der Waals surface area (Å²) in [6, 6.07) is 17.7. The molecule has 7 rings (SSSR count). The molecule has 0 unspecified atom stereocenters. The first-order valence-corrected chi connectivity index (χ1v) is 8.06. The fourth-order valence-electron chi connectivity index (χ4n) is 3.20. The van der Waals surface area contributed by atoms with Crippen LogP contribution in [0.3, 0.4) is 0 Å². The Hall–Kier alpha value is -2.68. The van der Waals surface area contributed by atoms with Crippen LogP contribution in [0.1, 0.15) is 22.3 Å². The minimum absolute atomic E-state index is 0.329. The summed E-state index contributed by atoms with van der Waals surface area (Å²) in [6.07, 6.45) is 5.86. The van der Waals surface area contributed by atoms with Gasteiger partial charge in [-0.1, -0.05) is 36.4 Å². The van der Waals surface area contributed by atoms with E-state index in [0.29, 0.717) is 5.95 Å². The summed E-state index contributed by atoms with van der Waals surface area (Å²) in [7, 11) is 0. The average Bonchev–Trinajstić information content (AvgIpc) is 2.57. The Morgan fingerprint density at radius 1 is 0.739 bits per heavy atom. The van der Waals surface area contributed by atoms with Crippen LogP contribution < -0.4 is 5.73 Å². The van der Waals surface area contributed by atoms with Crippen LogP contribution in [0, 0.1) is 0 Å². The maximum Gasteiger partial charge on any atom is 0.220 e. The van der Waals surface area contributed by atoms with Crippen LogP contribution in [0.25, 0.3) is 11.3 Å². The molecule has 0 spiro atoms. The van der Waals surface area contributed by atoms with Crippen molar-refractivity contribution in [3.63, 3.8) is 0 Å². The number of anilines is 1. The largest absolute Gasteiger partial charge is 0.368 e. The topological polar surface area (TPSA) is 51.8 Å². The number of hydrogen-bond donors (Lipinski definition) is 1. The number of nitrogens with two attached hydrogens (primary N) is 1. The van der Waals surface area contributed by atoms with Crippen molar-refractivity contribution >= 4 is 5.95 Å². The van der Waals surface area contributed by atoms with E-state index < -0.39 is 0 Å². The van der Waals surface area contributed by atoms with Crippen LogP contribution in [0.15, 0.2) is 54.7 Å². The first-order valence-electron chi connectivity index (χ1n) is 8.06. The molecule has 3 nitrogen and oxygen atoms in total. The van der Waals surface area contributed by atoms with E-state index in [-0.39, 0.29) is 0 Å². The van der Waals surface area contributed by atoms with E-state index in [9.17, 15) is 0 Å². The van der Waals surface area contributed by atoms with E-state index in [1.54, 1.807) is 6.20 Å². The Labute approximate surface area is 136 Å². The van der Waals surface area contributed by atoms with Gasteiger partial charge < -0.3 is 5.73 Å². The molecular formula is C20H19N3. The molecule has 4 aliphatic carbocycles. The Morgan fingerprint density at radius 2 is 1.39 bits per heavy atom. The SMILES string of the molecule is Nc1nccc(-c2cc3ccc2CCc2ccc(cc2)CC3)n1. The molecule has 0 saturated heterocycles. The third-order valence-electron chi connectivity index (χ3n) is 4.53. The van der Waals surface area contributed by atoms with Gasteiger partial charge in [-0.2, -0.15) is 0 Å². The number of rotatable bonds is 1. The molecule has 114 valence electrons. The quantitative estimate of drug-likeness (QED) is 0.747. The van der Waals surface area contributed by atoms with Gasteiger partial charge in [0.05, 0.1) is 5.69 Å². The van der Waals surface area contributed by atoms with E-state index in [4.69, 9.17) is 5.73 Å². The molecule has 1 heterocycles. The second-order valence-electron chi connectivity index (χ2n) is 6.11. The Balaban J connectivity index is 1.79. The highest BCUT2D eigenvalue weighted by molar-refractivity contribution is 5.65. The van der Waals surface area contributed by atoms with Gasteiger partial charge in [0, 0.05) is 11.8 Å². The summed E-state index contributed by atoms with van der Waals surface area (Å²) in [5, 5.41) is 0. The van der Waals surface area contributed by atoms with Crippen LogP contribution in [-0.2, 0) is 25.7 Å². The molecule has 0 fully saturated rings. The Morgan fingerprint density at radius 3 is 2.13 bits per heavy atom. The van der Waals surface area contributed by atoms with E-state index in [0.717, 1.165) is 31.4 Å². The highest BCUT2D eigenvalue weighted by atomic mass is 15.0. The molecule has 23 heavy (non-hydrogen) atoms.